The quantitative estimate of drug-likeness (QED) is 0.896. The van der Waals surface area contributed by atoms with Gasteiger partial charge in [0.15, 0.2) is 5.76 Å². The molecule has 1 saturated heterocycles. The summed E-state index contributed by atoms with van der Waals surface area (Å²) in [5.41, 5.74) is -0.393. The number of nitrogens with zero attached hydrogens (tertiary/aromatic N) is 4. The molecule has 0 bridgehead atoms. The molecule has 1 fully saturated rings. The van der Waals surface area contributed by atoms with Crippen molar-refractivity contribution in [3.63, 3.8) is 0 Å². The molecule has 0 unspecified atom stereocenters. The summed E-state index contributed by atoms with van der Waals surface area (Å²) >= 11 is 0. The largest absolute Gasteiger partial charge is 0.502 e. The molecule has 0 saturated carbocycles. The van der Waals surface area contributed by atoms with E-state index < -0.39 is 5.43 Å². The smallest absolute Gasteiger partial charge is 0.227 e. The average molecular weight is 302 g/mol. The minimum Gasteiger partial charge on any atom is -0.502 e. The van der Waals surface area contributed by atoms with Crippen LogP contribution >= 0.6 is 0 Å². The fourth-order valence-corrected chi connectivity index (χ4v) is 2.53. The van der Waals surface area contributed by atoms with Crippen molar-refractivity contribution in [2.45, 2.75) is 13.5 Å². The van der Waals surface area contributed by atoms with Gasteiger partial charge >= 0.3 is 0 Å². The number of aromatic hydroxyl groups is 1. The molecule has 0 radical (unpaired) electrons. The first-order chi connectivity index (χ1) is 10.6. The molecule has 3 heterocycles. The second-order valence-electron chi connectivity index (χ2n) is 5.31. The van der Waals surface area contributed by atoms with Crippen LogP contribution in [0.2, 0.25) is 0 Å². The van der Waals surface area contributed by atoms with Crippen LogP contribution in [0.25, 0.3) is 0 Å². The van der Waals surface area contributed by atoms with E-state index in [9.17, 15) is 9.90 Å². The van der Waals surface area contributed by atoms with Gasteiger partial charge in [0, 0.05) is 44.6 Å². The third kappa shape index (κ3) is 3.09. The summed E-state index contributed by atoms with van der Waals surface area (Å²) in [4.78, 5) is 24.3. The molecule has 0 amide bonds. The first kappa shape index (κ1) is 14.5. The Kier molecular flexibility index (Phi) is 4.06. The van der Waals surface area contributed by atoms with Crippen LogP contribution in [0.1, 0.15) is 11.5 Å². The van der Waals surface area contributed by atoms with Gasteiger partial charge in [-0.25, -0.2) is 9.97 Å². The Balaban J connectivity index is 1.64. The van der Waals surface area contributed by atoms with Crippen molar-refractivity contribution in [2.24, 2.45) is 0 Å². The van der Waals surface area contributed by atoms with Gasteiger partial charge in [0.2, 0.25) is 17.1 Å². The first-order valence-corrected chi connectivity index (χ1v) is 7.20. The molecule has 0 aliphatic carbocycles. The van der Waals surface area contributed by atoms with Crippen molar-refractivity contribution < 1.29 is 9.52 Å². The van der Waals surface area contributed by atoms with Crippen molar-refractivity contribution in [2.75, 3.05) is 31.1 Å². The molecule has 116 valence electrons. The molecular formula is C15H18N4O3. The Morgan fingerprint density at radius 2 is 1.91 bits per heavy atom. The lowest BCUT2D eigenvalue weighted by Gasteiger charge is -2.34. The van der Waals surface area contributed by atoms with Gasteiger partial charge in [-0.2, -0.15) is 0 Å². The third-order valence-corrected chi connectivity index (χ3v) is 3.69. The monoisotopic (exact) mass is 302 g/mol. The molecule has 7 nitrogen and oxygen atoms in total. The zero-order valence-electron chi connectivity index (χ0n) is 12.4. The first-order valence-electron chi connectivity index (χ1n) is 7.20. The van der Waals surface area contributed by atoms with Crippen molar-refractivity contribution in [1.29, 1.82) is 0 Å². The van der Waals surface area contributed by atoms with Crippen LogP contribution in [0.3, 0.4) is 0 Å². The summed E-state index contributed by atoms with van der Waals surface area (Å²) in [7, 11) is 0. The molecule has 0 spiro atoms. The van der Waals surface area contributed by atoms with Crippen molar-refractivity contribution >= 4 is 5.95 Å². The minimum absolute atomic E-state index is 0.292. The maximum absolute atomic E-state index is 11.6. The van der Waals surface area contributed by atoms with Gasteiger partial charge in [0.1, 0.15) is 5.76 Å². The van der Waals surface area contributed by atoms with E-state index in [4.69, 9.17) is 4.42 Å². The highest BCUT2D eigenvalue weighted by Gasteiger charge is 2.21. The van der Waals surface area contributed by atoms with Gasteiger partial charge in [0.25, 0.3) is 0 Å². The van der Waals surface area contributed by atoms with Gasteiger partial charge in [-0.15, -0.1) is 0 Å². The SMILES string of the molecule is Cc1cc(=O)c(O)c(CN2CCN(c3ncccn3)CC2)o1. The Hall–Kier alpha value is -2.41. The van der Waals surface area contributed by atoms with Crippen LogP contribution < -0.4 is 10.3 Å². The van der Waals surface area contributed by atoms with E-state index >= 15 is 0 Å². The number of piperazine rings is 1. The lowest BCUT2D eigenvalue weighted by molar-refractivity contribution is 0.219. The van der Waals surface area contributed by atoms with E-state index in [0.29, 0.717) is 18.1 Å². The molecule has 3 rings (SSSR count). The van der Waals surface area contributed by atoms with Crippen molar-refractivity contribution in [3.05, 3.63) is 46.3 Å². The van der Waals surface area contributed by atoms with Gasteiger partial charge in [-0.05, 0) is 13.0 Å². The van der Waals surface area contributed by atoms with Crippen LogP contribution in [-0.4, -0.2) is 46.2 Å². The molecule has 2 aromatic heterocycles. The number of aromatic nitrogens is 2. The summed E-state index contributed by atoms with van der Waals surface area (Å²) in [6.45, 7) is 5.29. The summed E-state index contributed by atoms with van der Waals surface area (Å²) in [6.07, 6.45) is 3.46. The lowest BCUT2D eigenvalue weighted by Crippen LogP contribution is -2.46. The van der Waals surface area contributed by atoms with E-state index in [1.165, 1.54) is 6.07 Å². The summed E-state index contributed by atoms with van der Waals surface area (Å²) in [5.74, 6) is 1.27. The van der Waals surface area contributed by atoms with Crippen LogP contribution in [0.15, 0.2) is 33.7 Å². The van der Waals surface area contributed by atoms with Gasteiger partial charge in [0.05, 0.1) is 6.54 Å². The Morgan fingerprint density at radius 1 is 1.23 bits per heavy atom. The van der Waals surface area contributed by atoms with Crippen molar-refractivity contribution in [3.8, 4) is 5.75 Å². The number of anilines is 1. The Labute approximate surface area is 127 Å². The van der Waals surface area contributed by atoms with Gasteiger partial charge < -0.3 is 14.4 Å². The summed E-state index contributed by atoms with van der Waals surface area (Å²) in [6, 6.07) is 3.09. The highest BCUT2D eigenvalue weighted by atomic mass is 16.4. The summed E-state index contributed by atoms with van der Waals surface area (Å²) < 4.78 is 5.47. The summed E-state index contributed by atoms with van der Waals surface area (Å²) in [5, 5.41) is 9.82. The van der Waals surface area contributed by atoms with E-state index in [0.717, 1.165) is 32.1 Å². The topological polar surface area (TPSA) is 82.7 Å². The maximum atomic E-state index is 11.6. The fraction of sp³-hybridized carbons (Fsp3) is 0.400. The standard InChI is InChI=1S/C15H18N4O3/c1-11-9-12(20)14(21)13(22-11)10-18-5-7-19(8-6-18)15-16-3-2-4-17-15/h2-4,9,21H,5-8,10H2,1H3. The molecular weight excluding hydrogens is 284 g/mol. The highest BCUT2D eigenvalue weighted by Crippen LogP contribution is 2.17. The molecule has 0 atom stereocenters. The highest BCUT2D eigenvalue weighted by molar-refractivity contribution is 5.29. The van der Waals surface area contributed by atoms with Crippen molar-refractivity contribution in [1.82, 2.24) is 14.9 Å². The zero-order valence-corrected chi connectivity index (χ0v) is 12.4. The molecule has 0 aromatic carbocycles. The zero-order chi connectivity index (χ0) is 15.5. The number of rotatable bonds is 3. The molecule has 1 N–H and O–H groups in total. The van der Waals surface area contributed by atoms with Crippen LogP contribution in [0.4, 0.5) is 5.95 Å². The van der Waals surface area contributed by atoms with Crippen LogP contribution in [0.5, 0.6) is 5.75 Å². The molecule has 7 heteroatoms. The maximum Gasteiger partial charge on any atom is 0.227 e. The predicted molar refractivity (Wildman–Crippen MR) is 80.9 cm³/mol. The fourth-order valence-electron chi connectivity index (χ4n) is 2.53. The molecule has 22 heavy (non-hydrogen) atoms. The average Bonchev–Trinajstić information content (AvgIpc) is 2.54. The molecule has 1 aliphatic rings. The normalized spacial score (nSPS) is 16.0. The third-order valence-electron chi connectivity index (χ3n) is 3.69. The van der Waals surface area contributed by atoms with Crippen LogP contribution in [0, 0.1) is 6.92 Å². The number of hydrogen-bond donors (Lipinski definition) is 1. The second-order valence-corrected chi connectivity index (χ2v) is 5.31. The Morgan fingerprint density at radius 3 is 2.59 bits per heavy atom. The van der Waals surface area contributed by atoms with E-state index in [1.807, 2.05) is 0 Å². The second kappa shape index (κ2) is 6.15. The minimum atomic E-state index is -0.393. The van der Waals surface area contributed by atoms with Gasteiger partial charge in [-0.3, -0.25) is 9.69 Å². The van der Waals surface area contributed by atoms with Gasteiger partial charge in [-0.1, -0.05) is 0 Å². The predicted octanol–water partition coefficient (Wildman–Crippen LogP) is 0.766. The number of hydrogen-bond acceptors (Lipinski definition) is 7. The lowest BCUT2D eigenvalue weighted by atomic mass is 10.2. The van der Waals surface area contributed by atoms with E-state index in [1.54, 1.807) is 25.4 Å². The molecule has 1 aliphatic heterocycles. The van der Waals surface area contributed by atoms with E-state index in [2.05, 4.69) is 19.8 Å². The number of aryl methyl sites for hydroxylation is 1. The van der Waals surface area contributed by atoms with E-state index in [-0.39, 0.29) is 5.75 Å². The van der Waals surface area contributed by atoms with Crippen LogP contribution in [-0.2, 0) is 6.54 Å². The Bertz CT molecular complexity index is 694. The molecule has 2 aromatic rings.